The van der Waals surface area contributed by atoms with Crippen LogP contribution in [0.25, 0.3) is 0 Å². The molecule has 1 aromatic heterocycles. The average molecular weight is 252 g/mol. The monoisotopic (exact) mass is 252 g/mol. The minimum atomic E-state index is 0.543. The molecule has 1 heterocycles. The van der Waals surface area contributed by atoms with Gasteiger partial charge in [0.05, 0.1) is 0 Å². The van der Waals surface area contributed by atoms with Crippen molar-refractivity contribution in [2.45, 2.75) is 71.9 Å². The Morgan fingerprint density at radius 2 is 2.06 bits per heavy atom. The highest BCUT2D eigenvalue weighted by Gasteiger charge is 2.12. The minimum Gasteiger partial charge on any atom is -0.314 e. The van der Waals surface area contributed by atoms with Crippen LogP contribution in [0.5, 0.6) is 0 Å². The number of nitrogens with one attached hydrogen (secondary N) is 1. The predicted octanol–water partition coefficient (Wildman–Crippen LogP) is 2.79. The molecule has 104 valence electrons. The Morgan fingerprint density at radius 3 is 2.72 bits per heavy atom. The summed E-state index contributed by atoms with van der Waals surface area (Å²) in [5, 5.41) is 7.86. The molecule has 0 saturated heterocycles. The predicted molar refractivity (Wildman–Crippen MR) is 75.6 cm³/mol. The molecule has 1 atom stereocenters. The average Bonchev–Trinajstić information content (AvgIpc) is 2.78. The second kappa shape index (κ2) is 9.09. The minimum absolute atomic E-state index is 0.543. The first-order valence-corrected chi connectivity index (χ1v) is 7.41. The van der Waals surface area contributed by atoms with Crippen molar-refractivity contribution < 1.29 is 0 Å². The molecule has 0 saturated carbocycles. The number of hydrogen-bond acceptors (Lipinski definition) is 3. The van der Waals surface area contributed by atoms with Crippen molar-refractivity contribution in [3.8, 4) is 0 Å². The highest BCUT2D eigenvalue weighted by atomic mass is 15.3. The molecule has 0 aliphatic rings. The Hall–Kier alpha value is -0.900. The lowest BCUT2D eigenvalue weighted by Gasteiger charge is -2.17. The van der Waals surface area contributed by atoms with Crippen molar-refractivity contribution in [2.24, 2.45) is 0 Å². The fraction of sp³-hybridized carbons (Fsp3) is 0.857. The van der Waals surface area contributed by atoms with Gasteiger partial charge in [0.15, 0.2) is 0 Å². The molecule has 0 fully saturated rings. The van der Waals surface area contributed by atoms with Gasteiger partial charge in [-0.3, -0.25) is 4.68 Å². The molecule has 0 aliphatic carbocycles. The Morgan fingerprint density at radius 1 is 1.22 bits per heavy atom. The van der Waals surface area contributed by atoms with Crippen LogP contribution in [0.3, 0.4) is 0 Å². The van der Waals surface area contributed by atoms with Crippen LogP contribution < -0.4 is 5.32 Å². The maximum absolute atomic E-state index is 4.40. The zero-order chi connectivity index (χ0) is 13.2. The molecule has 1 rings (SSSR count). The second-order valence-electron chi connectivity index (χ2n) is 4.85. The maximum atomic E-state index is 4.40. The van der Waals surface area contributed by atoms with Gasteiger partial charge in [0.25, 0.3) is 0 Å². The normalized spacial score (nSPS) is 12.8. The standard InChI is InChI=1S/C14H28N4/c1-4-7-8-9-13(15-6-3)11-14-16-12-17-18(14)10-5-2/h12-13,15H,4-11H2,1-3H3. The summed E-state index contributed by atoms with van der Waals surface area (Å²) in [5.41, 5.74) is 0. The van der Waals surface area contributed by atoms with Gasteiger partial charge in [-0.1, -0.05) is 40.0 Å². The summed E-state index contributed by atoms with van der Waals surface area (Å²) in [4.78, 5) is 4.40. The molecule has 4 nitrogen and oxygen atoms in total. The SMILES string of the molecule is CCCCCC(Cc1ncnn1CCC)NCC. The van der Waals surface area contributed by atoms with Gasteiger partial charge in [-0.15, -0.1) is 0 Å². The van der Waals surface area contributed by atoms with Crippen LogP contribution in [0.15, 0.2) is 6.33 Å². The van der Waals surface area contributed by atoms with Crippen LogP contribution in [-0.4, -0.2) is 27.4 Å². The van der Waals surface area contributed by atoms with Gasteiger partial charge >= 0.3 is 0 Å². The van der Waals surface area contributed by atoms with Crippen LogP contribution in [0.1, 0.15) is 58.7 Å². The number of hydrogen-bond donors (Lipinski definition) is 1. The molecule has 0 amide bonds. The summed E-state index contributed by atoms with van der Waals surface area (Å²) in [6, 6.07) is 0.543. The van der Waals surface area contributed by atoms with Crippen LogP contribution in [0.4, 0.5) is 0 Å². The number of aromatic nitrogens is 3. The van der Waals surface area contributed by atoms with Gasteiger partial charge in [0.1, 0.15) is 12.2 Å². The molecule has 1 aromatic rings. The van der Waals surface area contributed by atoms with E-state index in [1.807, 2.05) is 4.68 Å². The van der Waals surface area contributed by atoms with E-state index < -0.39 is 0 Å². The fourth-order valence-corrected chi connectivity index (χ4v) is 2.27. The molecular formula is C14H28N4. The fourth-order valence-electron chi connectivity index (χ4n) is 2.27. The summed E-state index contributed by atoms with van der Waals surface area (Å²) in [6.07, 6.45) is 8.93. The van der Waals surface area contributed by atoms with Crippen molar-refractivity contribution in [3.05, 3.63) is 12.2 Å². The van der Waals surface area contributed by atoms with Crippen molar-refractivity contribution in [3.63, 3.8) is 0 Å². The Labute approximate surface area is 111 Å². The quantitative estimate of drug-likeness (QED) is 0.651. The van der Waals surface area contributed by atoms with E-state index in [0.29, 0.717) is 6.04 Å². The van der Waals surface area contributed by atoms with Crippen molar-refractivity contribution in [1.82, 2.24) is 20.1 Å². The van der Waals surface area contributed by atoms with Gasteiger partial charge in [0.2, 0.25) is 0 Å². The highest BCUT2D eigenvalue weighted by molar-refractivity contribution is 4.89. The van der Waals surface area contributed by atoms with E-state index in [1.54, 1.807) is 6.33 Å². The van der Waals surface area contributed by atoms with E-state index in [1.165, 1.54) is 25.7 Å². The lowest BCUT2D eigenvalue weighted by atomic mass is 10.1. The third-order valence-electron chi connectivity index (χ3n) is 3.21. The molecule has 18 heavy (non-hydrogen) atoms. The number of aryl methyl sites for hydroxylation is 1. The van der Waals surface area contributed by atoms with E-state index >= 15 is 0 Å². The van der Waals surface area contributed by atoms with Crippen LogP contribution in [0, 0.1) is 0 Å². The lowest BCUT2D eigenvalue weighted by molar-refractivity contribution is 0.444. The third-order valence-corrected chi connectivity index (χ3v) is 3.21. The van der Waals surface area contributed by atoms with Crippen LogP contribution >= 0.6 is 0 Å². The molecule has 0 radical (unpaired) electrons. The summed E-state index contributed by atoms with van der Waals surface area (Å²) >= 11 is 0. The molecule has 0 bridgehead atoms. The summed E-state index contributed by atoms with van der Waals surface area (Å²) in [5.74, 6) is 1.12. The zero-order valence-electron chi connectivity index (χ0n) is 12.2. The van der Waals surface area contributed by atoms with Crippen LogP contribution in [0.2, 0.25) is 0 Å². The third kappa shape index (κ3) is 5.17. The smallest absolute Gasteiger partial charge is 0.138 e. The first-order chi connectivity index (χ1) is 8.81. The number of unbranched alkanes of at least 4 members (excludes halogenated alkanes) is 2. The van der Waals surface area contributed by atoms with Crippen molar-refractivity contribution in [2.75, 3.05) is 6.54 Å². The summed E-state index contributed by atoms with van der Waals surface area (Å²) < 4.78 is 2.05. The van der Waals surface area contributed by atoms with Crippen molar-refractivity contribution >= 4 is 0 Å². The topological polar surface area (TPSA) is 42.7 Å². The molecular weight excluding hydrogens is 224 g/mol. The van der Waals surface area contributed by atoms with Crippen LogP contribution in [-0.2, 0) is 13.0 Å². The van der Waals surface area contributed by atoms with Gasteiger partial charge in [-0.2, -0.15) is 5.10 Å². The zero-order valence-corrected chi connectivity index (χ0v) is 12.2. The van der Waals surface area contributed by atoms with E-state index in [4.69, 9.17) is 0 Å². The second-order valence-corrected chi connectivity index (χ2v) is 4.85. The Kier molecular flexibility index (Phi) is 7.65. The van der Waals surface area contributed by atoms with E-state index in [9.17, 15) is 0 Å². The van der Waals surface area contributed by atoms with Gasteiger partial charge in [-0.05, 0) is 19.4 Å². The molecule has 4 heteroatoms. The first kappa shape index (κ1) is 15.2. The number of likely N-dealkylation sites (N-methyl/N-ethyl adjacent to an activating group) is 1. The van der Waals surface area contributed by atoms with E-state index in [-0.39, 0.29) is 0 Å². The van der Waals surface area contributed by atoms with Crippen molar-refractivity contribution in [1.29, 1.82) is 0 Å². The van der Waals surface area contributed by atoms with Gasteiger partial charge in [0, 0.05) is 19.0 Å². The molecule has 0 spiro atoms. The van der Waals surface area contributed by atoms with E-state index in [2.05, 4.69) is 36.2 Å². The maximum Gasteiger partial charge on any atom is 0.138 e. The first-order valence-electron chi connectivity index (χ1n) is 7.41. The molecule has 0 aliphatic heterocycles. The van der Waals surface area contributed by atoms with E-state index in [0.717, 1.165) is 31.8 Å². The number of nitrogens with zero attached hydrogens (tertiary/aromatic N) is 3. The Balaban J connectivity index is 2.50. The lowest BCUT2D eigenvalue weighted by Crippen LogP contribution is -2.32. The van der Waals surface area contributed by atoms with Gasteiger partial charge < -0.3 is 5.32 Å². The molecule has 0 aromatic carbocycles. The Bertz CT molecular complexity index is 308. The summed E-state index contributed by atoms with van der Waals surface area (Å²) in [7, 11) is 0. The number of rotatable bonds is 10. The largest absolute Gasteiger partial charge is 0.314 e. The molecule has 1 unspecified atom stereocenters. The van der Waals surface area contributed by atoms with Gasteiger partial charge in [-0.25, -0.2) is 4.98 Å². The highest BCUT2D eigenvalue weighted by Crippen LogP contribution is 2.08. The molecule has 1 N–H and O–H groups in total. The summed E-state index contributed by atoms with van der Waals surface area (Å²) in [6.45, 7) is 8.60.